The van der Waals surface area contributed by atoms with Gasteiger partial charge in [-0.05, 0) is 55.7 Å². The van der Waals surface area contributed by atoms with E-state index in [2.05, 4.69) is 61.3 Å². The van der Waals surface area contributed by atoms with E-state index in [4.69, 9.17) is 15.2 Å². The average Bonchev–Trinajstić information content (AvgIpc) is 4.26. The second kappa shape index (κ2) is 34.1. The van der Waals surface area contributed by atoms with E-state index in [9.17, 15) is 57.6 Å². The quantitative estimate of drug-likeness (QED) is 0.0396. The van der Waals surface area contributed by atoms with Crippen LogP contribution in [0.2, 0.25) is 0 Å². The van der Waals surface area contributed by atoms with Gasteiger partial charge in [0.25, 0.3) is 0 Å². The van der Waals surface area contributed by atoms with Crippen LogP contribution >= 0.6 is 0 Å². The van der Waals surface area contributed by atoms with Gasteiger partial charge in [0.05, 0.1) is 60.9 Å². The number of allylic oxidation sites excluding steroid dienone is 2. The number of primary amides is 1. The highest BCUT2D eigenvalue weighted by atomic mass is 32.2. The normalized spacial score (nSPS) is 24.5. The minimum atomic E-state index is -2.37. The maximum atomic E-state index is 15.0. The lowest BCUT2D eigenvalue weighted by Crippen LogP contribution is -2.62. The Kier molecular flexibility index (Phi) is 27.6. The summed E-state index contributed by atoms with van der Waals surface area (Å²) >= 11 is 0. The number of aromatic nitrogens is 1. The van der Waals surface area contributed by atoms with Crippen LogP contribution in [-0.2, 0) is 69.9 Å². The molecule has 26 heteroatoms. The van der Waals surface area contributed by atoms with E-state index in [1.807, 2.05) is 0 Å². The molecule has 12 N–H and O–H groups in total. The lowest BCUT2D eigenvalue weighted by molar-refractivity contribution is -0.149. The molecule has 2 aromatic rings. The fourth-order valence-electron chi connectivity index (χ4n) is 10.4. The molecular weight excluding hydrogens is 1110 g/mol. The third kappa shape index (κ3) is 20.4. The van der Waals surface area contributed by atoms with E-state index < -0.39 is 181 Å². The smallest absolute Gasteiger partial charge is 0.305 e. The molecule has 84 heavy (non-hydrogen) atoms. The molecule has 11 atom stereocenters. The summed E-state index contributed by atoms with van der Waals surface area (Å²) in [6.07, 6.45) is 14.0. The number of methoxy groups -OCH3 is 1. The maximum Gasteiger partial charge on any atom is 0.305 e. The van der Waals surface area contributed by atoms with Crippen molar-refractivity contribution in [3.63, 3.8) is 0 Å². The van der Waals surface area contributed by atoms with Gasteiger partial charge in [0, 0.05) is 43.2 Å². The first kappa shape index (κ1) is 67.9. The first-order valence-electron chi connectivity index (χ1n) is 29.5. The molecule has 0 radical (unpaired) electrons. The zero-order chi connectivity index (χ0) is 61.5. The van der Waals surface area contributed by atoms with Gasteiger partial charge in [-0.15, -0.1) is 0 Å². The summed E-state index contributed by atoms with van der Waals surface area (Å²) in [5, 5.41) is 40.4. The molecule has 4 heterocycles. The number of nitrogens with zero attached hydrogens (tertiary/aromatic N) is 1. The molecule has 2 bridgehead atoms. The molecule has 3 aliphatic rings. The highest BCUT2D eigenvalue weighted by molar-refractivity contribution is 7.85. The molecule has 1 fully saturated rings. The first-order chi connectivity index (χ1) is 40.1. The van der Waals surface area contributed by atoms with Gasteiger partial charge < -0.3 is 72.5 Å². The number of ether oxygens (including phenoxy) is 2. The van der Waals surface area contributed by atoms with Crippen molar-refractivity contribution in [3.05, 3.63) is 35.9 Å². The number of benzene rings is 1. The van der Waals surface area contributed by atoms with E-state index in [0.717, 1.165) is 43.4 Å². The van der Waals surface area contributed by atoms with Gasteiger partial charge in [0.15, 0.2) is 0 Å². The highest BCUT2D eigenvalue weighted by Crippen LogP contribution is 2.31. The fourth-order valence-corrected chi connectivity index (χ4v) is 11.8. The standard InChI is InChI=1S/C58H88N10O15S/c1-6-8-9-10-11-12-13-14-15-16-17-18-19-20-21-22-49(74)83-32-45(70)35(4)51-56(79)63-41-27-39-38-24-23-37(82-5)26-40(38)65-57(39)84(81)33-43(62-47(72)29-61-55(78)50(34(3)7-2)66-48(73)30-60-52(41)75)53(76)64-42(28-46(59)71)58(80)68-31-36(69)25-44(68)54(77)67-51/h14-15,23-24,26,34-36,41-45,50-51,65,69-70H,6-13,16-22,25,27-33H2,1-5H3,(H2,59,71)(H,60,75)(H,61,78)(H,62,72)(H,63,79)(H,64,76)(H,66,73)(H,67,77)/b15-14-. The van der Waals surface area contributed by atoms with Crippen molar-refractivity contribution in [1.82, 2.24) is 47.1 Å². The van der Waals surface area contributed by atoms with Gasteiger partial charge in [0.1, 0.15) is 53.6 Å². The number of H-pyrrole nitrogens is 1. The van der Waals surface area contributed by atoms with Crippen LogP contribution in [-0.4, -0.2) is 171 Å². The van der Waals surface area contributed by atoms with E-state index in [1.54, 1.807) is 32.0 Å². The van der Waals surface area contributed by atoms with E-state index in [-0.39, 0.29) is 17.0 Å². The summed E-state index contributed by atoms with van der Waals surface area (Å²) in [4.78, 5) is 144. The second-order valence-electron chi connectivity index (χ2n) is 22.2. The summed E-state index contributed by atoms with van der Waals surface area (Å²) < 4.78 is 25.8. The number of amides is 9. The topological polar surface area (TPSA) is 376 Å². The van der Waals surface area contributed by atoms with Gasteiger partial charge in [-0.2, -0.15) is 0 Å². The molecule has 9 amide bonds. The number of esters is 1. The number of aliphatic hydroxyl groups is 2. The third-order valence-electron chi connectivity index (χ3n) is 15.6. The Morgan fingerprint density at radius 3 is 2.07 bits per heavy atom. The Balaban J connectivity index is 1.49. The van der Waals surface area contributed by atoms with Crippen LogP contribution in [0.15, 0.2) is 35.4 Å². The minimum absolute atomic E-state index is 0.0496. The number of aliphatic hydroxyl groups excluding tert-OH is 2. The van der Waals surface area contributed by atoms with Crippen molar-refractivity contribution >= 4 is 80.8 Å². The summed E-state index contributed by atoms with van der Waals surface area (Å²) in [7, 11) is -0.965. The number of carbonyl (C=O) groups excluding carboxylic acids is 10. The lowest BCUT2D eigenvalue weighted by atomic mass is 9.93. The van der Waals surface area contributed by atoms with Crippen molar-refractivity contribution in [2.75, 3.05) is 39.1 Å². The van der Waals surface area contributed by atoms with E-state index in [1.165, 1.54) is 52.6 Å². The Bertz CT molecular complexity index is 2680. The van der Waals surface area contributed by atoms with E-state index in [0.29, 0.717) is 29.5 Å². The molecule has 25 nitrogen and oxygen atoms in total. The van der Waals surface area contributed by atoms with Crippen molar-refractivity contribution in [1.29, 1.82) is 0 Å². The molecule has 0 aliphatic carbocycles. The molecule has 0 spiro atoms. The number of nitrogens with one attached hydrogen (secondary N) is 8. The molecule has 1 saturated heterocycles. The van der Waals surface area contributed by atoms with Crippen molar-refractivity contribution in [2.24, 2.45) is 17.6 Å². The largest absolute Gasteiger partial charge is 0.497 e. The van der Waals surface area contributed by atoms with E-state index >= 15 is 4.79 Å². The van der Waals surface area contributed by atoms with Gasteiger partial charge >= 0.3 is 5.97 Å². The van der Waals surface area contributed by atoms with Crippen LogP contribution in [0.1, 0.15) is 142 Å². The number of hydrogen-bond acceptors (Lipinski definition) is 15. The summed E-state index contributed by atoms with van der Waals surface area (Å²) in [6.45, 7) is 4.33. The van der Waals surface area contributed by atoms with Gasteiger partial charge in [-0.1, -0.05) is 97.6 Å². The molecule has 11 unspecified atom stereocenters. The molecule has 0 saturated carbocycles. The van der Waals surface area contributed by atoms with Crippen LogP contribution in [0.4, 0.5) is 0 Å². The lowest BCUT2D eigenvalue weighted by Gasteiger charge is -2.33. The molecule has 5 rings (SSSR count). The molecule has 1 aromatic carbocycles. The number of unbranched alkanes of at least 4 members (excludes halogenated alkanes) is 11. The summed E-state index contributed by atoms with van der Waals surface area (Å²) in [6, 6.07) is -5.33. The average molecular weight is 1200 g/mol. The molecule has 3 aliphatic heterocycles. The van der Waals surface area contributed by atoms with Crippen molar-refractivity contribution in [2.45, 2.75) is 197 Å². The van der Waals surface area contributed by atoms with Crippen molar-refractivity contribution in [3.8, 4) is 5.75 Å². The zero-order valence-electron chi connectivity index (χ0n) is 49.1. The zero-order valence-corrected chi connectivity index (χ0v) is 49.9. The predicted octanol–water partition coefficient (Wildman–Crippen LogP) is 0.971. The maximum absolute atomic E-state index is 15.0. The van der Waals surface area contributed by atoms with Gasteiger partial charge in [-0.3, -0.25) is 52.2 Å². The predicted molar refractivity (Wildman–Crippen MR) is 310 cm³/mol. The highest BCUT2D eigenvalue weighted by Gasteiger charge is 2.45. The minimum Gasteiger partial charge on any atom is -0.497 e. The third-order valence-corrected chi connectivity index (χ3v) is 17.1. The van der Waals surface area contributed by atoms with Crippen LogP contribution in [0.25, 0.3) is 10.9 Å². The van der Waals surface area contributed by atoms with Gasteiger partial charge in [-0.25, -0.2) is 0 Å². The fraction of sp³-hybridized carbons (Fsp3) is 0.655. The Morgan fingerprint density at radius 2 is 1.42 bits per heavy atom. The van der Waals surface area contributed by atoms with Crippen LogP contribution in [0, 0.1) is 11.8 Å². The molecule has 466 valence electrons. The molecule has 1 aromatic heterocycles. The van der Waals surface area contributed by atoms with Crippen molar-refractivity contribution < 1.29 is 71.8 Å². The SMILES string of the molecule is CCCCCCCC/C=C\CCCCCCCC(=O)OCC(O)C(C)C1NC(=O)C2CC(O)CN2C(=O)C(CC(N)=O)NC(=O)C2CS(=O)c3[nH]c4cc(OC)ccc4c3CC(NC1=O)C(=O)NCC(=O)NC(C(C)CC)C(=O)NCC(=O)N2. The monoisotopic (exact) mass is 1200 g/mol. The summed E-state index contributed by atoms with van der Waals surface area (Å²) in [5.74, 6) is -12.0. The number of hydrogen-bond donors (Lipinski definition) is 11. The van der Waals surface area contributed by atoms with Gasteiger partial charge in [0.2, 0.25) is 53.2 Å². The first-order valence-corrected chi connectivity index (χ1v) is 30.9. The summed E-state index contributed by atoms with van der Waals surface area (Å²) in [5.41, 5.74) is 6.03. The molecular formula is C58H88N10O15S. The Morgan fingerprint density at radius 1 is 0.774 bits per heavy atom. The van der Waals surface area contributed by atoms with Crippen LogP contribution in [0.5, 0.6) is 5.75 Å². The number of aromatic amines is 1. The Hall–Kier alpha value is -6.93. The second-order valence-corrected chi connectivity index (χ2v) is 23.6. The Labute approximate surface area is 493 Å². The number of rotatable bonds is 24. The number of fused-ring (bicyclic) bond motifs is 5. The van der Waals surface area contributed by atoms with Crippen LogP contribution < -0.4 is 47.7 Å². The number of carbonyl (C=O) groups is 10. The van der Waals surface area contributed by atoms with Crippen LogP contribution in [0.3, 0.4) is 0 Å². The number of nitrogens with two attached hydrogens (primary N) is 1.